The van der Waals surface area contributed by atoms with Gasteiger partial charge in [-0.25, -0.2) is 9.37 Å². The van der Waals surface area contributed by atoms with Crippen LogP contribution in [0.2, 0.25) is 0 Å². The van der Waals surface area contributed by atoms with Crippen LogP contribution in [0.3, 0.4) is 0 Å². The predicted molar refractivity (Wildman–Crippen MR) is 59.6 cm³/mol. The Morgan fingerprint density at radius 3 is 2.62 bits per heavy atom. The standard InChI is InChI=1S/C11H10FNO2S/c1-16-11-13-9(6-14)10(15-11)7-2-4-8(12)5-3-7/h2-5,14H,6H2,1H3. The molecule has 0 bridgehead atoms. The van der Waals surface area contributed by atoms with E-state index in [2.05, 4.69) is 4.98 Å². The molecular weight excluding hydrogens is 229 g/mol. The van der Waals surface area contributed by atoms with E-state index in [1.54, 1.807) is 12.1 Å². The predicted octanol–water partition coefficient (Wildman–Crippen LogP) is 2.69. The summed E-state index contributed by atoms with van der Waals surface area (Å²) in [5, 5.41) is 9.63. The Bertz CT molecular complexity index is 481. The summed E-state index contributed by atoms with van der Waals surface area (Å²) in [5.74, 6) is 0.186. The zero-order chi connectivity index (χ0) is 11.5. The van der Waals surface area contributed by atoms with Crippen LogP contribution >= 0.6 is 11.8 Å². The first-order valence-corrected chi connectivity index (χ1v) is 5.87. The van der Waals surface area contributed by atoms with Crippen molar-refractivity contribution in [1.29, 1.82) is 0 Å². The van der Waals surface area contributed by atoms with Crippen molar-refractivity contribution < 1.29 is 13.9 Å². The van der Waals surface area contributed by atoms with Crippen molar-refractivity contribution in [2.24, 2.45) is 0 Å². The van der Waals surface area contributed by atoms with Crippen LogP contribution in [-0.4, -0.2) is 16.3 Å². The first-order chi connectivity index (χ1) is 7.74. The van der Waals surface area contributed by atoms with Gasteiger partial charge in [0.1, 0.15) is 11.5 Å². The van der Waals surface area contributed by atoms with Gasteiger partial charge in [0.2, 0.25) is 0 Å². The van der Waals surface area contributed by atoms with Gasteiger partial charge < -0.3 is 9.52 Å². The largest absolute Gasteiger partial charge is 0.431 e. The van der Waals surface area contributed by atoms with Crippen molar-refractivity contribution in [2.45, 2.75) is 11.8 Å². The summed E-state index contributed by atoms with van der Waals surface area (Å²) < 4.78 is 18.2. The van der Waals surface area contributed by atoms with Crippen LogP contribution in [-0.2, 0) is 6.61 Å². The number of rotatable bonds is 3. The van der Waals surface area contributed by atoms with E-state index in [1.807, 2.05) is 6.26 Å². The molecule has 84 valence electrons. The number of aromatic nitrogens is 1. The van der Waals surface area contributed by atoms with Crippen LogP contribution in [0.25, 0.3) is 11.3 Å². The summed E-state index contributed by atoms with van der Waals surface area (Å²) in [5.41, 5.74) is 1.18. The Kier molecular flexibility index (Phi) is 3.26. The second kappa shape index (κ2) is 4.67. The van der Waals surface area contributed by atoms with Gasteiger partial charge in [0.25, 0.3) is 5.22 Å². The molecule has 0 atom stereocenters. The average molecular weight is 239 g/mol. The van der Waals surface area contributed by atoms with Gasteiger partial charge in [-0.15, -0.1) is 0 Å². The fourth-order valence-corrected chi connectivity index (χ4v) is 1.72. The molecule has 5 heteroatoms. The zero-order valence-corrected chi connectivity index (χ0v) is 9.42. The van der Waals surface area contributed by atoms with Gasteiger partial charge in [-0.05, 0) is 30.5 Å². The summed E-state index contributed by atoms with van der Waals surface area (Å²) >= 11 is 1.35. The molecule has 3 nitrogen and oxygen atoms in total. The molecule has 0 unspecified atom stereocenters. The highest BCUT2D eigenvalue weighted by Gasteiger charge is 2.13. The molecule has 0 saturated carbocycles. The summed E-state index contributed by atoms with van der Waals surface area (Å²) in [6, 6.07) is 5.88. The molecule has 16 heavy (non-hydrogen) atoms. The molecule has 1 N–H and O–H groups in total. The minimum absolute atomic E-state index is 0.198. The van der Waals surface area contributed by atoms with Crippen LogP contribution in [0, 0.1) is 5.82 Å². The zero-order valence-electron chi connectivity index (χ0n) is 8.61. The quantitative estimate of drug-likeness (QED) is 0.836. The summed E-state index contributed by atoms with van der Waals surface area (Å²) in [4.78, 5) is 4.10. The molecule has 0 saturated heterocycles. The molecule has 0 amide bonds. The number of halogens is 1. The minimum atomic E-state index is -0.307. The maximum absolute atomic E-state index is 12.8. The molecule has 2 rings (SSSR count). The highest BCUT2D eigenvalue weighted by Crippen LogP contribution is 2.28. The number of hydrogen-bond donors (Lipinski definition) is 1. The summed E-state index contributed by atoms with van der Waals surface area (Å²) in [7, 11) is 0. The van der Waals surface area contributed by atoms with E-state index in [0.29, 0.717) is 22.2 Å². The van der Waals surface area contributed by atoms with E-state index >= 15 is 0 Å². The number of benzene rings is 1. The Hall–Kier alpha value is -1.33. The average Bonchev–Trinajstić information content (AvgIpc) is 2.73. The van der Waals surface area contributed by atoms with Crippen molar-refractivity contribution >= 4 is 11.8 Å². The first-order valence-electron chi connectivity index (χ1n) is 4.65. The fourth-order valence-electron chi connectivity index (χ4n) is 1.35. The topological polar surface area (TPSA) is 46.3 Å². The third kappa shape index (κ3) is 2.10. The van der Waals surface area contributed by atoms with E-state index in [-0.39, 0.29) is 12.4 Å². The molecule has 0 aliphatic rings. The van der Waals surface area contributed by atoms with Gasteiger partial charge in [-0.3, -0.25) is 0 Å². The molecule has 0 spiro atoms. The van der Waals surface area contributed by atoms with Gasteiger partial charge >= 0.3 is 0 Å². The van der Waals surface area contributed by atoms with Gasteiger partial charge in [0.05, 0.1) is 6.61 Å². The fraction of sp³-hybridized carbons (Fsp3) is 0.182. The Morgan fingerprint density at radius 2 is 2.06 bits per heavy atom. The third-order valence-electron chi connectivity index (χ3n) is 2.11. The van der Waals surface area contributed by atoms with E-state index in [9.17, 15) is 4.39 Å². The number of hydrogen-bond acceptors (Lipinski definition) is 4. The van der Waals surface area contributed by atoms with Crippen molar-refractivity contribution in [1.82, 2.24) is 4.98 Å². The lowest BCUT2D eigenvalue weighted by molar-refractivity contribution is 0.277. The number of oxazole rings is 1. The first kappa shape index (κ1) is 11.2. The molecular formula is C11H10FNO2S. The smallest absolute Gasteiger partial charge is 0.256 e. The third-order valence-corrected chi connectivity index (χ3v) is 2.63. The number of thioether (sulfide) groups is 1. The van der Waals surface area contributed by atoms with Gasteiger partial charge in [-0.2, -0.15) is 0 Å². The lowest BCUT2D eigenvalue weighted by Gasteiger charge is -1.98. The van der Waals surface area contributed by atoms with Crippen molar-refractivity contribution in [3.05, 3.63) is 35.8 Å². The van der Waals surface area contributed by atoms with Crippen molar-refractivity contribution in [3.8, 4) is 11.3 Å². The number of nitrogens with zero attached hydrogens (tertiary/aromatic N) is 1. The lowest BCUT2D eigenvalue weighted by Crippen LogP contribution is -1.87. The molecule has 0 aliphatic heterocycles. The number of aliphatic hydroxyl groups excluding tert-OH is 1. The van der Waals surface area contributed by atoms with Crippen LogP contribution in [0.5, 0.6) is 0 Å². The molecule has 1 aromatic carbocycles. The van der Waals surface area contributed by atoms with Crippen molar-refractivity contribution in [3.63, 3.8) is 0 Å². The van der Waals surface area contributed by atoms with E-state index in [0.717, 1.165) is 0 Å². The van der Waals surface area contributed by atoms with E-state index in [1.165, 1.54) is 23.9 Å². The van der Waals surface area contributed by atoms with Gasteiger partial charge in [0.15, 0.2) is 5.76 Å². The van der Waals surface area contributed by atoms with Gasteiger partial charge in [0, 0.05) is 5.56 Å². The van der Waals surface area contributed by atoms with Gasteiger partial charge in [-0.1, -0.05) is 11.8 Å². The maximum Gasteiger partial charge on any atom is 0.256 e. The van der Waals surface area contributed by atoms with Crippen molar-refractivity contribution in [2.75, 3.05) is 6.26 Å². The van der Waals surface area contributed by atoms with E-state index < -0.39 is 0 Å². The molecule has 2 aromatic rings. The summed E-state index contributed by atoms with van der Waals surface area (Å²) in [6.07, 6.45) is 1.83. The Balaban J connectivity index is 2.45. The normalized spacial score (nSPS) is 10.7. The van der Waals surface area contributed by atoms with Crippen LogP contribution in [0.15, 0.2) is 33.9 Å². The van der Waals surface area contributed by atoms with Crippen LogP contribution in [0.4, 0.5) is 4.39 Å². The minimum Gasteiger partial charge on any atom is -0.431 e. The van der Waals surface area contributed by atoms with E-state index in [4.69, 9.17) is 9.52 Å². The Labute approximate surface area is 96.3 Å². The molecule has 1 heterocycles. The molecule has 1 aromatic heterocycles. The van der Waals surface area contributed by atoms with Crippen LogP contribution < -0.4 is 0 Å². The maximum atomic E-state index is 12.8. The molecule has 0 radical (unpaired) electrons. The highest BCUT2D eigenvalue weighted by atomic mass is 32.2. The Morgan fingerprint density at radius 1 is 1.38 bits per heavy atom. The van der Waals surface area contributed by atoms with Crippen LogP contribution in [0.1, 0.15) is 5.69 Å². The molecule has 0 aliphatic carbocycles. The molecule has 0 fully saturated rings. The SMILES string of the molecule is CSc1nc(CO)c(-c2ccc(F)cc2)o1. The monoisotopic (exact) mass is 239 g/mol. The lowest BCUT2D eigenvalue weighted by atomic mass is 10.1. The second-order valence-electron chi connectivity index (χ2n) is 3.12. The second-order valence-corrected chi connectivity index (χ2v) is 3.88. The number of aliphatic hydroxyl groups is 1. The highest BCUT2D eigenvalue weighted by molar-refractivity contribution is 7.98. The summed E-state index contributed by atoms with van der Waals surface area (Å²) in [6.45, 7) is -0.198.